The van der Waals surface area contributed by atoms with Crippen LogP contribution >= 0.6 is 23.4 Å². The van der Waals surface area contributed by atoms with E-state index in [0.717, 1.165) is 22.3 Å². The molecule has 0 radical (unpaired) electrons. The summed E-state index contributed by atoms with van der Waals surface area (Å²) < 4.78 is 10.5. The minimum Gasteiger partial charge on any atom is -0.497 e. The Hall–Kier alpha value is -2.38. The Bertz CT molecular complexity index is 958. The highest BCUT2D eigenvalue weighted by atomic mass is 35.5. The van der Waals surface area contributed by atoms with Crippen molar-refractivity contribution >= 4 is 46.0 Å². The second-order valence-electron chi connectivity index (χ2n) is 5.56. The van der Waals surface area contributed by atoms with Crippen LogP contribution in [0.3, 0.4) is 0 Å². The number of aryl methyl sites for hydroxylation is 1. The van der Waals surface area contributed by atoms with Crippen LogP contribution in [0.25, 0.3) is 11.0 Å². The third kappa shape index (κ3) is 4.05. The number of H-pyrrole nitrogens is 1. The quantitative estimate of drug-likeness (QED) is 0.613. The number of carbonyl (C=O) groups is 1. The molecule has 2 aromatic carbocycles. The van der Waals surface area contributed by atoms with Crippen LogP contribution in [0.4, 0.5) is 5.69 Å². The highest BCUT2D eigenvalue weighted by Gasteiger charge is 2.12. The van der Waals surface area contributed by atoms with Gasteiger partial charge < -0.3 is 19.8 Å². The zero-order valence-electron chi connectivity index (χ0n) is 14.6. The van der Waals surface area contributed by atoms with Crippen molar-refractivity contribution in [3.05, 3.63) is 40.9 Å². The minimum atomic E-state index is -0.159. The molecule has 0 aliphatic heterocycles. The number of aromatic amines is 1. The van der Waals surface area contributed by atoms with Gasteiger partial charge in [0.15, 0.2) is 5.16 Å². The highest BCUT2D eigenvalue weighted by Crippen LogP contribution is 2.31. The minimum absolute atomic E-state index is 0.159. The monoisotopic (exact) mass is 391 g/mol. The molecule has 0 spiro atoms. The summed E-state index contributed by atoms with van der Waals surface area (Å²) in [6.07, 6.45) is 0. The number of hydrogen-bond donors (Lipinski definition) is 2. The van der Waals surface area contributed by atoms with Crippen molar-refractivity contribution < 1.29 is 14.3 Å². The van der Waals surface area contributed by atoms with Gasteiger partial charge in [-0.1, -0.05) is 23.4 Å². The van der Waals surface area contributed by atoms with Gasteiger partial charge in [-0.25, -0.2) is 4.98 Å². The topological polar surface area (TPSA) is 76.2 Å². The smallest absolute Gasteiger partial charge is 0.234 e. The van der Waals surface area contributed by atoms with E-state index in [2.05, 4.69) is 15.3 Å². The molecule has 2 N–H and O–H groups in total. The zero-order valence-corrected chi connectivity index (χ0v) is 16.1. The van der Waals surface area contributed by atoms with Gasteiger partial charge in [0.05, 0.1) is 36.7 Å². The Morgan fingerprint density at radius 1 is 1.27 bits per heavy atom. The van der Waals surface area contributed by atoms with Crippen molar-refractivity contribution in [1.82, 2.24) is 9.97 Å². The van der Waals surface area contributed by atoms with E-state index in [1.54, 1.807) is 19.2 Å². The average Bonchev–Trinajstić information content (AvgIpc) is 3.04. The second kappa shape index (κ2) is 7.88. The number of aromatic nitrogens is 2. The number of imidazole rings is 1. The van der Waals surface area contributed by atoms with Crippen LogP contribution in [0.15, 0.2) is 35.5 Å². The summed E-state index contributed by atoms with van der Waals surface area (Å²) in [6, 6.07) is 9.06. The normalized spacial score (nSPS) is 10.8. The van der Waals surface area contributed by atoms with Crippen LogP contribution < -0.4 is 14.8 Å². The maximum atomic E-state index is 12.3. The first-order chi connectivity index (χ1) is 12.5. The Kier molecular flexibility index (Phi) is 5.58. The molecule has 136 valence electrons. The summed E-state index contributed by atoms with van der Waals surface area (Å²) in [5.41, 5.74) is 3.14. The molecular formula is C18H18ClN3O3S. The molecule has 26 heavy (non-hydrogen) atoms. The molecule has 3 aromatic rings. The van der Waals surface area contributed by atoms with E-state index in [1.807, 2.05) is 25.1 Å². The summed E-state index contributed by atoms with van der Waals surface area (Å²) in [7, 11) is 3.15. The average molecular weight is 392 g/mol. The zero-order chi connectivity index (χ0) is 18.7. The molecule has 0 unspecified atom stereocenters. The van der Waals surface area contributed by atoms with Gasteiger partial charge in [0.25, 0.3) is 0 Å². The molecule has 8 heteroatoms. The summed E-state index contributed by atoms with van der Waals surface area (Å²) in [5.74, 6) is 1.32. The third-order valence-electron chi connectivity index (χ3n) is 3.76. The van der Waals surface area contributed by atoms with E-state index in [9.17, 15) is 4.79 Å². The van der Waals surface area contributed by atoms with Crippen LogP contribution in [-0.2, 0) is 4.79 Å². The predicted octanol–water partition coefficient (Wildman–Crippen LogP) is 4.27. The number of carbonyl (C=O) groups excluding carboxylic acids is 1. The Balaban J connectivity index is 1.67. The Morgan fingerprint density at radius 2 is 2.08 bits per heavy atom. The molecule has 0 saturated heterocycles. The molecule has 6 nitrogen and oxygen atoms in total. The molecule has 0 fully saturated rings. The van der Waals surface area contributed by atoms with E-state index in [0.29, 0.717) is 21.6 Å². The first kappa shape index (κ1) is 18.4. The van der Waals surface area contributed by atoms with E-state index < -0.39 is 0 Å². The number of methoxy groups -OCH3 is 2. The number of anilines is 1. The Labute approximate surface area is 160 Å². The summed E-state index contributed by atoms with van der Waals surface area (Å²) in [6.45, 7) is 1.87. The number of nitrogens with one attached hydrogen (secondary N) is 2. The SMILES string of the molecule is COc1ccc2nc(SCC(=O)Nc3cc(C)c(Cl)cc3OC)[nH]c2c1. The number of benzene rings is 2. The van der Waals surface area contributed by atoms with Crippen molar-refractivity contribution in [2.75, 3.05) is 25.3 Å². The summed E-state index contributed by atoms with van der Waals surface area (Å²) in [4.78, 5) is 19.9. The van der Waals surface area contributed by atoms with Gasteiger partial charge in [-0.05, 0) is 30.7 Å². The van der Waals surface area contributed by atoms with Crippen LogP contribution in [0.1, 0.15) is 5.56 Å². The molecule has 0 aliphatic rings. The van der Waals surface area contributed by atoms with E-state index in [1.165, 1.54) is 18.9 Å². The number of halogens is 1. The number of fused-ring (bicyclic) bond motifs is 1. The largest absolute Gasteiger partial charge is 0.497 e. The first-order valence-corrected chi connectivity index (χ1v) is 9.17. The summed E-state index contributed by atoms with van der Waals surface area (Å²) in [5, 5.41) is 4.11. The van der Waals surface area contributed by atoms with Crippen LogP contribution in [-0.4, -0.2) is 35.8 Å². The maximum Gasteiger partial charge on any atom is 0.234 e. The lowest BCUT2D eigenvalue weighted by Gasteiger charge is -2.12. The predicted molar refractivity (Wildman–Crippen MR) is 105 cm³/mol. The maximum absolute atomic E-state index is 12.3. The highest BCUT2D eigenvalue weighted by molar-refractivity contribution is 7.99. The molecule has 1 amide bonds. The van der Waals surface area contributed by atoms with Gasteiger partial charge in [-0.2, -0.15) is 0 Å². The van der Waals surface area contributed by atoms with Gasteiger partial charge in [0.2, 0.25) is 5.91 Å². The molecular weight excluding hydrogens is 374 g/mol. The fraction of sp³-hybridized carbons (Fsp3) is 0.222. The molecule has 1 aromatic heterocycles. The van der Waals surface area contributed by atoms with E-state index in [4.69, 9.17) is 21.1 Å². The van der Waals surface area contributed by atoms with Gasteiger partial charge in [0, 0.05) is 17.2 Å². The lowest BCUT2D eigenvalue weighted by Crippen LogP contribution is -2.15. The molecule has 0 bridgehead atoms. The van der Waals surface area contributed by atoms with Crippen molar-refractivity contribution in [2.45, 2.75) is 12.1 Å². The standard InChI is InChI=1S/C18H18ClN3O3S/c1-10-6-15(16(25-3)8-12(10)19)20-17(23)9-26-18-21-13-5-4-11(24-2)7-14(13)22-18/h4-8H,9H2,1-3H3,(H,20,23)(H,21,22). The number of rotatable bonds is 6. The fourth-order valence-electron chi connectivity index (χ4n) is 2.41. The van der Waals surface area contributed by atoms with E-state index >= 15 is 0 Å². The van der Waals surface area contributed by atoms with Crippen molar-refractivity contribution in [2.24, 2.45) is 0 Å². The number of nitrogens with zero attached hydrogens (tertiary/aromatic N) is 1. The number of ether oxygens (including phenoxy) is 2. The molecule has 3 rings (SSSR count). The molecule has 0 saturated carbocycles. The Morgan fingerprint density at radius 3 is 2.81 bits per heavy atom. The van der Waals surface area contributed by atoms with Gasteiger partial charge in [0.1, 0.15) is 11.5 Å². The van der Waals surface area contributed by atoms with Crippen LogP contribution in [0, 0.1) is 6.92 Å². The van der Waals surface area contributed by atoms with Crippen molar-refractivity contribution in [1.29, 1.82) is 0 Å². The number of thioether (sulfide) groups is 1. The van der Waals surface area contributed by atoms with Gasteiger partial charge in [-0.15, -0.1) is 0 Å². The van der Waals surface area contributed by atoms with Crippen molar-refractivity contribution in [3.8, 4) is 11.5 Å². The third-order valence-corrected chi connectivity index (χ3v) is 5.04. The lowest BCUT2D eigenvalue weighted by atomic mass is 10.2. The number of amides is 1. The molecule has 1 heterocycles. The van der Waals surface area contributed by atoms with Crippen LogP contribution in [0.2, 0.25) is 5.02 Å². The molecule has 0 aliphatic carbocycles. The van der Waals surface area contributed by atoms with Gasteiger partial charge >= 0.3 is 0 Å². The molecule has 0 atom stereocenters. The van der Waals surface area contributed by atoms with Gasteiger partial charge in [-0.3, -0.25) is 4.79 Å². The van der Waals surface area contributed by atoms with Crippen molar-refractivity contribution in [3.63, 3.8) is 0 Å². The lowest BCUT2D eigenvalue weighted by molar-refractivity contribution is -0.113. The van der Waals surface area contributed by atoms with E-state index in [-0.39, 0.29) is 11.7 Å². The second-order valence-corrected chi connectivity index (χ2v) is 6.93. The number of hydrogen-bond acceptors (Lipinski definition) is 5. The van der Waals surface area contributed by atoms with Crippen LogP contribution in [0.5, 0.6) is 11.5 Å². The first-order valence-electron chi connectivity index (χ1n) is 7.80. The summed E-state index contributed by atoms with van der Waals surface area (Å²) >= 11 is 7.41. The fourth-order valence-corrected chi connectivity index (χ4v) is 3.25.